The molecule has 0 fully saturated rings. The highest BCUT2D eigenvalue weighted by atomic mass is 35.5. The van der Waals surface area contributed by atoms with Crippen LogP contribution < -0.4 is 9.62 Å². The zero-order valence-corrected chi connectivity index (χ0v) is 12.8. The molecular formula is C11H14Cl2N2O3S. The Balaban J connectivity index is 2.97. The molecule has 1 aromatic rings. The van der Waals surface area contributed by atoms with E-state index in [0.717, 1.165) is 10.6 Å². The monoisotopic (exact) mass is 324 g/mol. The maximum Gasteiger partial charge on any atom is 0.232 e. The predicted molar refractivity (Wildman–Crippen MR) is 77.3 cm³/mol. The van der Waals surface area contributed by atoms with Gasteiger partial charge in [0, 0.05) is 13.5 Å². The van der Waals surface area contributed by atoms with E-state index in [1.807, 2.05) is 0 Å². The molecule has 19 heavy (non-hydrogen) atoms. The number of hydrogen-bond donors (Lipinski definition) is 1. The van der Waals surface area contributed by atoms with Crippen LogP contribution in [0.2, 0.25) is 10.0 Å². The molecule has 106 valence electrons. The Labute approximate surface area is 122 Å². The number of sulfonamides is 1. The SMILES string of the molecule is CC(=O)NCCN(c1ccc(Cl)c(Cl)c1)S(C)(=O)=O. The van der Waals surface area contributed by atoms with Gasteiger partial charge in [0.05, 0.1) is 28.5 Å². The first kappa shape index (κ1) is 16.1. The van der Waals surface area contributed by atoms with Crippen LogP contribution in [0, 0.1) is 0 Å². The molecule has 0 bridgehead atoms. The van der Waals surface area contributed by atoms with Gasteiger partial charge in [-0.15, -0.1) is 0 Å². The molecule has 0 unspecified atom stereocenters. The van der Waals surface area contributed by atoms with Crippen molar-refractivity contribution in [3.63, 3.8) is 0 Å². The number of nitrogens with one attached hydrogen (secondary N) is 1. The highest BCUT2D eigenvalue weighted by Gasteiger charge is 2.18. The number of anilines is 1. The molecule has 1 rings (SSSR count). The van der Waals surface area contributed by atoms with E-state index in [4.69, 9.17) is 23.2 Å². The molecule has 1 amide bonds. The largest absolute Gasteiger partial charge is 0.355 e. The van der Waals surface area contributed by atoms with Crippen LogP contribution in [0.15, 0.2) is 18.2 Å². The normalized spacial score (nSPS) is 11.2. The Morgan fingerprint density at radius 1 is 1.32 bits per heavy atom. The van der Waals surface area contributed by atoms with Crippen LogP contribution >= 0.6 is 23.2 Å². The number of carbonyl (C=O) groups is 1. The number of nitrogens with zero attached hydrogens (tertiary/aromatic N) is 1. The third-order valence-corrected chi connectivity index (χ3v) is 4.21. The van der Waals surface area contributed by atoms with E-state index in [1.54, 1.807) is 6.07 Å². The van der Waals surface area contributed by atoms with Gasteiger partial charge in [0.2, 0.25) is 15.9 Å². The summed E-state index contributed by atoms with van der Waals surface area (Å²) < 4.78 is 24.6. The summed E-state index contributed by atoms with van der Waals surface area (Å²) in [5.74, 6) is -0.220. The van der Waals surface area contributed by atoms with Gasteiger partial charge in [0.1, 0.15) is 0 Å². The van der Waals surface area contributed by atoms with E-state index in [1.165, 1.54) is 19.1 Å². The van der Waals surface area contributed by atoms with Gasteiger partial charge in [-0.1, -0.05) is 23.2 Å². The fourth-order valence-corrected chi connectivity index (χ4v) is 2.67. The molecule has 0 aliphatic carbocycles. The molecular weight excluding hydrogens is 311 g/mol. The Hall–Kier alpha value is -0.980. The zero-order chi connectivity index (χ0) is 14.6. The van der Waals surface area contributed by atoms with Crippen molar-refractivity contribution in [2.75, 3.05) is 23.7 Å². The molecule has 0 aliphatic heterocycles. The van der Waals surface area contributed by atoms with Gasteiger partial charge in [-0.2, -0.15) is 0 Å². The van der Waals surface area contributed by atoms with Crippen LogP contribution in [-0.4, -0.2) is 33.7 Å². The van der Waals surface area contributed by atoms with Gasteiger partial charge in [-0.05, 0) is 18.2 Å². The Bertz CT molecular complexity index is 575. The van der Waals surface area contributed by atoms with Crippen molar-refractivity contribution in [2.24, 2.45) is 0 Å². The molecule has 1 aromatic carbocycles. The fraction of sp³-hybridized carbons (Fsp3) is 0.364. The van der Waals surface area contributed by atoms with Crippen molar-refractivity contribution in [3.8, 4) is 0 Å². The molecule has 0 aromatic heterocycles. The molecule has 0 atom stereocenters. The van der Waals surface area contributed by atoms with Crippen LogP contribution in [0.4, 0.5) is 5.69 Å². The number of halogens is 2. The first-order chi connectivity index (χ1) is 8.71. The van der Waals surface area contributed by atoms with E-state index in [0.29, 0.717) is 10.7 Å². The lowest BCUT2D eigenvalue weighted by Crippen LogP contribution is -2.37. The molecule has 8 heteroatoms. The van der Waals surface area contributed by atoms with Crippen molar-refractivity contribution < 1.29 is 13.2 Å². The highest BCUT2D eigenvalue weighted by molar-refractivity contribution is 7.92. The highest BCUT2D eigenvalue weighted by Crippen LogP contribution is 2.28. The zero-order valence-electron chi connectivity index (χ0n) is 10.5. The minimum absolute atomic E-state index is 0.121. The van der Waals surface area contributed by atoms with Gasteiger partial charge < -0.3 is 5.32 Å². The van der Waals surface area contributed by atoms with Crippen molar-refractivity contribution in [2.45, 2.75) is 6.92 Å². The molecule has 1 N–H and O–H groups in total. The number of amides is 1. The Kier molecular flexibility index (Phi) is 5.46. The number of hydrogen-bond acceptors (Lipinski definition) is 3. The number of benzene rings is 1. The third kappa shape index (κ3) is 4.89. The topological polar surface area (TPSA) is 66.5 Å². The van der Waals surface area contributed by atoms with Crippen molar-refractivity contribution in [3.05, 3.63) is 28.2 Å². The lowest BCUT2D eigenvalue weighted by Gasteiger charge is -2.22. The van der Waals surface area contributed by atoms with Crippen LogP contribution in [-0.2, 0) is 14.8 Å². The van der Waals surface area contributed by atoms with Crippen LogP contribution in [0.3, 0.4) is 0 Å². The summed E-state index contributed by atoms with van der Waals surface area (Å²) >= 11 is 11.7. The Morgan fingerprint density at radius 2 is 1.95 bits per heavy atom. The summed E-state index contributed by atoms with van der Waals surface area (Å²) in [5, 5.41) is 3.16. The summed E-state index contributed by atoms with van der Waals surface area (Å²) in [4.78, 5) is 10.8. The molecule has 0 aliphatic rings. The fourth-order valence-electron chi connectivity index (χ4n) is 1.46. The van der Waals surface area contributed by atoms with E-state index in [2.05, 4.69) is 5.32 Å². The third-order valence-electron chi connectivity index (χ3n) is 2.28. The molecule has 0 spiro atoms. The molecule has 0 saturated heterocycles. The minimum atomic E-state index is -3.47. The van der Waals surface area contributed by atoms with Gasteiger partial charge >= 0.3 is 0 Å². The van der Waals surface area contributed by atoms with Gasteiger partial charge in [0.25, 0.3) is 0 Å². The van der Waals surface area contributed by atoms with Crippen molar-refractivity contribution >= 4 is 44.8 Å². The summed E-state index contributed by atoms with van der Waals surface area (Å²) in [6.07, 6.45) is 1.09. The average Bonchev–Trinajstić information content (AvgIpc) is 2.26. The smallest absolute Gasteiger partial charge is 0.232 e. The minimum Gasteiger partial charge on any atom is -0.355 e. The maximum atomic E-state index is 11.7. The first-order valence-electron chi connectivity index (χ1n) is 5.39. The standard InChI is InChI=1S/C11H14Cl2N2O3S/c1-8(16)14-5-6-15(19(2,17)18)9-3-4-10(12)11(13)7-9/h3-4,7H,5-6H2,1-2H3,(H,14,16). The van der Waals surface area contributed by atoms with E-state index >= 15 is 0 Å². The first-order valence-corrected chi connectivity index (χ1v) is 7.99. The van der Waals surface area contributed by atoms with E-state index < -0.39 is 10.0 Å². The van der Waals surface area contributed by atoms with Crippen LogP contribution in [0.1, 0.15) is 6.92 Å². The van der Waals surface area contributed by atoms with Gasteiger partial charge in [-0.25, -0.2) is 8.42 Å². The molecule has 0 saturated carbocycles. The van der Waals surface area contributed by atoms with E-state index in [9.17, 15) is 13.2 Å². The summed E-state index contributed by atoms with van der Waals surface area (Å²) in [5.41, 5.74) is 0.405. The maximum absolute atomic E-state index is 11.7. The number of carbonyl (C=O) groups excluding carboxylic acids is 1. The summed E-state index contributed by atoms with van der Waals surface area (Å²) in [6, 6.07) is 4.55. The average molecular weight is 325 g/mol. The van der Waals surface area contributed by atoms with Crippen molar-refractivity contribution in [1.82, 2.24) is 5.32 Å². The van der Waals surface area contributed by atoms with Crippen molar-refractivity contribution in [1.29, 1.82) is 0 Å². The van der Waals surface area contributed by atoms with Crippen LogP contribution in [0.5, 0.6) is 0 Å². The predicted octanol–water partition coefficient (Wildman–Crippen LogP) is 1.90. The quantitative estimate of drug-likeness (QED) is 0.899. The van der Waals surface area contributed by atoms with E-state index in [-0.39, 0.29) is 24.0 Å². The summed E-state index contributed by atoms with van der Waals surface area (Å²) in [7, 11) is -3.47. The second-order valence-corrected chi connectivity index (χ2v) is 6.64. The Morgan fingerprint density at radius 3 is 2.42 bits per heavy atom. The molecule has 0 radical (unpaired) electrons. The van der Waals surface area contributed by atoms with Crippen LogP contribution in [0.25, 0.3) is 0 Å². The van der Waals surface area contributed by atoms with Gasteiger partial charge in [0.15, 0.2) is 0 Å². The van der Waals surface area contributed by atoms with Gasteiger partial charge in [-0.3, -0.25) is 9.10 Å². The lowest BCUT2D eigenvalue weighted by molar-refractivity contribution is -0.118. The number of rotatable bonds is 5. The summed E-state index contributed by atoms with van der Waals surface area (Å²) in [6.45, 7) is 1.70. The lowest BCUT2D eigenvalue weighted by atomic mass is 10.3. The molecule has 5 nitrogen and oxygen atoms in total. The second kappa shape index (κ2) is 6.45. The second-order valence-electron chi connectivity index (χ2n) is 3.92. The molecule has 0 heterocycles.